The molecular weight excluding hydrogens is 354 g/mol. The molecule has 1 aliphatic heterocycles. The smallest absolute Gasteiger partial charge is 0.274 e. The minimum absolute atomic E-state index is 0.0366. The van der Waals surface area contributed by atoms with Crippen molar-refractivity contribution in [1.82, 2.24) is 15.1 Å². The number of ether oxygens (including phenoxy) is 2. The van der Waals surface area contributed by atoms with Crippen LogP contribution >= 0.6 is 11.6 Å². The molecule has 2 heterocycles. The molecule has 1 aromatic carbocycles. The van der Waals surface area contributed by atoms with E-state index in [1.165, 1.54) is 0 Å². The Labute approximate surface area is 158 Å². The molecule has 3 rings (SSSR count). The second-order valence-corrected chi connectivity index (χ2v) is 7.73. The molecule has 1 saturated heterocycles. The maximum atomic E-state index is 12.6. The maximum Gasteiger partial charge on any atom is 0.274 e. The number of carbonyl (C=O) groups excluding carboxylic acids is 1. The van der Waals surface area contributed by atoms with Crippen molar-refractivity contribution < 1.29 is 14.3 Å². The maximum absolute atomic E-state index is 12.6. The number of nitrogens with one attached hydrogen (secondary N) is 1. The fraction of sp³-hybridized carbons (Fsp3) is 0.474. The van der Waals surface area contributed by atoms with Crippen LogP contribution in [0.1, 0.15) is 42.9 Å². The highest BCUT2D eigenvalue weighted by Crippen LogP contribution is 2.31. The zero-order chi connectivity index (χ0) is 18.7. The van der Waals surface area contributed by atoms with Crippen LogP contribution in [0.25, 0.3) is 0 Å². The van der Waals surface area contributed by atoms with Crippen molar-refractivity contribution in [2.45, 2.75) is 33.3 Å². The van der Waals surface area contributed by atoms with Gasteiger partial charge in [0.15, 0.2) is 5.69 Å². The van der Waals surface area contributed by atoms with Crippen molar-refractivity contribution >= 4 is 17.5 Å². The first-order valence-corrected chi connectivity index (χ1v) is 9.06. The van der Waals surface area contributed by atoms with Gasteiger partial charge in [0.1, 0.15) is 18.1 Å². The number of aromatic amines is 1. The van der Waals surface area contributed by atoms with Gasteiger partial charge in [-0.15, -0.1) is 0 Å². The van der Waals surface area contributed by atoms with Gasteiger partial charge in [-0.1, -0.05) is 25.4 Å². The summed E-state index contributed by atoms with van der Waals surface area (Å²) < 4.78 is 10.8. The number of benzene rings is 1. The van der Waals surface area contributed by atoms with E-state index in [-0.39, 0.29) is 12.5 Å². The summed E-state index contributed by atoms with van der Waals surface area (Å²) in [5.74, 6) is 1.18. The van der Waals surface area contributed by atoms with Gasteiger partial charge in [0.2, 0.25) is 0 Å². The average molecular weight is 378 g/mol. The molecule has 0 bridgehead atoms. The zero-order valence-electron chi connectivity index (χ0n) is 15.3. The van der Waals surface area contributed by atoms with E-state index < -0.39 is 0 Å². The summed E-state index contributed by atoms with van der Waals surface area (Å²) in [4.78, 5) is 14.5. The van der Waals surface area contributed by atoms with Crippen LogP contribution in [0.5, 0.6) is 11.5 Å². The number of aromatic nitrogens is 2. The predicted octanol–water partition coefficient (Wildman–Crippen LogP) is 3.91. The second-order valence-electron chi connectivity index (χ2n) is 7.32. The number of likely N-dealkylation sites (tertiary alicyclic amines) is 1. The highest BCUT2D eigenvalue weighted by molar-refractivity contribution is 6.32. The molecule has 0 spiro atoms. The van der Waals surface area contributed by atoms with Gasteiger partial charge in [-0.3, -0.25) is 9.89 Å². The van der Waals surface area contributed by atoms with Gasteiger partial charge in [0.05, 0.1) is 17.8 Å². The number of H-pyrrole nitrogens is 1. The standard InChI is InChI=1S/C19H24ClN3O3/c1-19(2)6-8-23(9-7-19)18(24)16-10-13(21-22-16)12-26-17-5-4-14(25-3)11-15(17)20/h4-5,10-11H,6-9,12H2,1-3H3,(H,21,22). The van der Waals surface area contributed by atoms with E-state index in [0.717, 1.165) is 31.6 Å². The third-order valence-corrected chi connectivity index (χ3v) is 5.07. The fourth-order valence-corrected chi connectivity index (χ4v) is 3.13. The molecule has 0 aliphatic carbocycles. The van der Waals surface area contributed by atoms with E-state index in [0.29, 0.717) is 27.6 Å². The number of hydrogen-bond acceptors (Lipinski definition) is 4. The summed E-state index contributed by atoms with van der Waals surface area (Å²) in [6.07, 6.45) is 2.02. The molecule has 0 atom stereocenters. The SMILES string of the molecule is COc1ccc(OCc2cc(C(=O)N3CCC(C)(C)CC3)n[nH]2)c(Cl)c1. The Morgan fingerprint density at radius 3 is 2.69 bits per heavy atom. The Morgan fingerprint density at radius 1 is 1.31 bits per heavy atom. The molecule has 1 fully saturated rings. The van der Waals surface area contributed by atoms with Crippen LogP contribution in [0.3, 0.4) is 0 Å². The monoisotopic (exact) mass is 377 g/mol. The van der Waals surface area contributed by atoms with Crippen LogP contribution < -0.4 is 9.47 Å². The molecule has 0 unspecified atom stereocenters. The van der Waals surface area contributed by atoms with Gasteiger partial charge >= 0.3 is 0 Å². The van der Waals surface area contributed by atoms with Gasteiger partial charge < -0.3 is 14.4 Å². The van der Waals surface area contributed by atoms with E-state index in [1.54, 1.807) is 31.4 Å². The number of amides is 1. The van der Waals surface area contributed by atoms with Crippen molar-refractivity contribution in [3.05, 3.63) is 40.7 Å². The number of hydrogen-bond donors (Lipinski definition) is 1. The number of carbonyl (C=O) groups is 1. The van der Waals surface area contributed by atoms with Crippen molar-refractivity contribution in [3.8, 4) is 11.5 Å². The number of methoxy groups -OCH3 is 1. The van der Waals surface area contributed by atoms with Crippen molar-refractivity contribution in [2.24, 2.45) is 5.41 Å². The van der Waals surface area contributed by atoms with Crippen molar-refractivity contribution in [1.29, 1.82) is 0 Å². The number of piperidine rings is 1. The molecule has 1 aromatic heterocycles. The van der Waals surface area contributed by atoms with Gasteiger partial charge in [-0.2, -0.15) is 5.10 Å². The van der Waals surface area contributed by atoms with Gasteiger partial charge in [0.25, 0.3) is 5.91 Å². The summed E-state index contributed by atoms with van der Waals surface area (Å²) in [6, 6.07) is 6.95. The number of halogens is 1. The summed E-state index contributed by atoms with van der Waals surface area (Å²) in [7, 11) is 1.58. The highest BCUT2D eigenvalue weighted by Gasteiger charge is 2.29. The molecule has 0 saturated carbocycles. The summed E-state index contributed by atoms with van der Waals surface area (Å²) in [5.41, 5.74) is 1.45. The normalized spacial score (nSPS) is 16.4. The Bertz CT molecular complexity index is 778. The average Bonchev–Trinajstić information content (AvgIpc) is 3.09. The molecule has 1 N–H and O–H groups in total. The number of rotatable bonds is 5. The Morgan fingerprint density at radius 2 is 2.04 bits per heavy atom. The molecular formula is C19H24ClN3O3. The van der Waals surface area contributed by atoms with E-state index in [9.17, 15) is 4.79 Å². The van der Waals surface area contributed by atoms with Crippen LogP contribution in [-0.4, -0.2) is 41.2 Å². The molecule has 7 heteroatoms. The summed E-state index contributed by atoms with van der Waals surface area (Å²) in [5, 5.41) is 7.47. The molecule has 140 valence electrons. The van der Waals surface area contributed by atoms with E-state index >= 15 is 0 Å². The van der Waals surface area contributed by atoms with Crippen LogP contribution in [-0.2, 0) is 6.61 Å². The van der Waals surface area contributed by atoms with Gasteiger partial charge in [-0.25, -0.2) is 0 Å². The lowest BCUT2D eigenvalue weighted by molar-refractivity contribution is 0.0624. The molecule has 0 radical (unpaired) electrons. The van der Waals surface area contributed by atoms with Gasteiger partial charge in [0, 0.05) is 19.2 Å². The molecule has 1 amide bonds. The number of nitrogens with zero attached hydrogens (tertiary/aromatic N) is 2. The quantitative estimate of drug-likeness (QED) is 0.857. The van der Waals surface area contributed by atoms with Crippen LogP contribution in [0.2, 0.25) is 5.02 Å². The molecule has 1 aliphatic rings. The highest BCUT2D eigenvalue weighted by atomic mass is 35.5. The third kappa shape index (κ3) is 4.30. The Kier molecular flexibility index (Phi) is 5.41. The second kappa shape index (κ2) is 7.58. The van der Waals surface area contributed by atoms with Crippen LogP contribution in [0.4, 0.5) is 0 Å². The van der Waals surface area contributed by atoms with Gasteiger partial charge in [-0.05, 0) is 36.5 Å². The first-order chi connectivity index (χ1) is 12.4. The first-order valence-electron chi connectivity index (χ1n) is 8.68. The molecule has 26 heavy (non-hydrogen) atoms. The Hall–Kier alpha value is -2.21. The lowest BCUT2D eigenvalue weighted by Crippen LogP contribution is -2.41. The third-order valence-electron chi connectivity index (χ3n) is 4.78. The lowest BCUT2D eigenvalue weighted by atomic mass is 9.82. The zero-order valence-corrected chi connectivity index (χ0v) is 16.1. The van der Waals surface area contributed by atoms with Crippen molar-refractivity contribution in [2.75, 3.05) is 20.2 Å². The summed E-state index contributed by atoms with van der Waals surface area (Å²) >= 11 is 6.16. The minimum atomic E-state index is -0.0366. The van der Waals surface area contributed by atoms with E-state index in [1.807, 2.05) is 4.90 Å². The van der Waals surface area contributed by atoms with E-state index in [2.05, 4.69) is 24.0 Å². The van der Waals surface area contributed by atoms with Crippen molar-refractivity contribution in [3.63, 3.8) is 0 Å². The first kappa shape index (κ1) is 18.6. The minimum Gasteiger partial charge on any atom is -0.497 e. The molecule has 2 aromatic rings. The summed E-state index contributed by atoms with van der Waals surface area (Å²) in [6.45, 7) is 6.27. The lowest BCUT2D eigenvalue weighted by Gasteiger charge is -2.36. The largest absolute Gasteiger partial charge is 0.497 e. The fourth-order valence-electron chi connectivity index (χ4n) is 2.90. The predicted molar refractivity (Wildman–Crippen MR) is 99.8 cm³/mol. The van der Waals surface area contributed by atoms with E-state index in [4.69, 9.17) is 21.1 Å². The van der Waals surface area contributed by atoms with Crippen LogP contribution in [0, 0.1) is 5.41 Å². The molecule has 6 nitrogen and oxygen atoms in total. The topological polar surface area (TPSA) is 67.5 Å². The van der Waals surface area contributed by atoms with Crippen LogP contribution in [0.15, 0.2) is 24.3 Å². The Balaban J connectivity index is 1.59.